The quantitative estimate of drug-likeness (QED) is 0.858. The van der Waals surface area contributed by atoms with Crippen molar-refractivity contribution in [1.82, 2.24) is 15.1 Å². The van der Waals surface area contributed by atoms with E-state index in [0.717, 1.165) is 12.6 Å². The van der Waals surface area contributed by atoms with Crippen LogP contribution in [0, 0.1) is 5.41 Å². The number of nitrogens with one attached hydrogen (secondary N) is 1. The molecule has 2 fully saturated rings. The largest absolute Gasteiger partial charge is 0.312 e. The molecule has 3 heteroatoms. The first kappa shape index (κ1) is 16.3. The number of piperazine rings is 1. The van der Waals surface area contributed by atoms with Gasteiger partial charge in [0.2, 0.25) is 0 Å². The minimum atomic E-state index is 0.425. The predicted octanol–water partition coefficient (Wildman–Crippen LogP) is 2.57. The number of nitrogens with zero attached hydrogens (tertiary/aromatic N) is 2. The first-order valence-corrected chi connectivity index (χ1v) is 8.56. The molecule has 1 N–H and O–H groups in total. The fourth-order valence-corrected chi connectivity index (χ4v) is 4.35. The Bertz CT molecular complexity index is 303. The molecule has 0 aromatic carbocycles. The molecule has 118 valence electrons. The zero-order valence-electron chi connectivity index (χ0n) is 14.4. The van der Waals surface area contributed by atoms with Crippen molar-refractivity contribution < 1.29 is 0 Å². The van der Waals surface area contributed by atoms with Crippen LogP contribution in [-0.2, 0) is 0 Å². The lowest BCUT2D eigenvalue weighted by Gasteiger charge is -2.53. The first-order valence-electron chi connectivity index (χ1n) is 8.56. The second kappa shape index (κ2) is 6.33. The van der Waals surface area contributed by atoms with E-state index < -0.39 is 0 Å². The minimum absolute atomic E-state index is 0.425. The van der Waals surface area contributed by atoms with E-state index in [4.69, 9.17) is 0 Å². The van der Waals surface area contributed by atoms with Gasteiger partial charge in [0.25, 0.3) is 0 Å². The van der Waals surface area contributed by atoms with E-state index in [1.54, 1.807) is 0 Å². The Labute approximate surface area is 126 Å². The van der Waals surface area contributed by atoms with Gasteiger partial charge in [-0.15, -0.1) is 0 Å². The summed E-state index contributed by atoms with van der Waals surface area (Å²) in [6, 6.07) is 2.71. The van der Waals surface area contributed by atoms with Crippen LogP contribution in [0.4, 0.5) is 0 Å². The molecule has 0 aromatic rings. The monoisotopic (exact) mass is 281 g/mol. The van der Waals surface area contributed by atoms with Gasteiger partial charge in [0, 0.05) is 37.3 Å². The number of hydrogen-bond donors (Lipinski definition) is 1. The molecule has 1 aliphatic heterocycles. The molecule has 2 aliphatic rings. The van der Waals surface area contributed by atoms with Gasteiger partial charge in [0.1, 0.15) is 0 Å². The van der Waals surface area contributed by atoms with E-state index in [-0.39, 0.29) is 0 Å². The van der Waals surface area contributed by atoms with E-state index >= 15 is 0 Å². The average Bonchev–Trinajstić information content (AvgIpc) is 2.37. The molecule has 1 heterocycles. The van der Waals surface area contributed by atoms with Crippen molar-refractivity contribution in [3.05, 3.63) is 0 Å². The highest BCUT2D eigenvalue weighted by Crippen LogP contribution is 2.38. The molecule has 0 spiro atoms. The summed E-state index contributed by atoms with van der Waals surface area (Å²) in [5.74, 6) is 0. The third-order valence-corrected chi connectivity index (χ3v) is 5.83. The summed E-state index contributed by atoms with van der Waals surface area (Å²) in [7, 11) is 2.28. The second-order valence-electron chi connectivity index (χ2n) is 7.80. The van der Waals surface area contributed by atoms with Crippen LogP contribution >= 0.6 is 0 Å². The van der Waals surface area contributed by atoms with Crippen molar-refractivity contribution in [2.24, 2.45) is 5.41 Å². The van der Waals surface area contributed by atoms with Crippen LogP contribution in [0.3, 0.4) is 0 Å². The lowest BCUT2D eigenvalue weighted by molar-refractivity contribution is -0.0139. The summed E-state index contributed by atoms with van der Waals surface area (Å²) < 4.78 is 0. The summed E-state index contributed by atoms with van der Waals surface area (Å²) in [5, 5.41) is 3.81. The Morgan fingerprint density at radius 1 is 1.15 bits per heavy atom. The number of hydrogen-bond acceptors (Lipinski definition) is 3. The highest BCUT2D eigenvalue weighted by Gasteiger charge is 2.42. The zero-order valence-corrected chi connectivity index (χ0v) is 14.4. The predicted molar refractivity (Wildman–Crippen MR) is 87.1 cm³/mol. The Hall–Kier alpha value is -0.120. The lowest BCUT2D eigenvalue weighted by atomic mass is 9.70. The smallest absolute Gasteiger partial charge is 0.0274 e. The molecule has 20 heavy (non-hydrogen) atoms. The van der Waals surface area contributed by atoms with Crippen molar-refractivity contribution in [1.29, 1.82) is 0 Å². The second-order valence-corrected chi connectivity index (χ2v) is 7.80. The van der Waals surface area contributed by atoms with Crippen LogP contribution in [0.2, 0.25) is 0 Å². The Morgan fingerprint density at radius 2 is 1.75 bits per heavy atom. The van der Waals surface area contributed by atoms with Gasteiger partial charge >= 0.3 is 0 Å². The Kier molecular flexibility index (Phi) is 5.14. The normalized spacial score (nSPS) is 39.9. The zero-order chi connectivity index (χ0) is 14.9. The Morgan fingerprint density at radius 3 is 2.30 bits per heavy atom. The summed E-state index contributed by atoms with van der Waals surface area (Å²) in [5.41, 5.74) is 0.425. The van der Waals surface area contributed by atoms with Gasteiger partial charge in [0.05, 0.1) is 0 Å². The summed E-state index contributed by atoms with van der Waals surface area (Å²) in [6.07, 6.45) is 4.11. The van der Waals surface area contributed by atoms with E-state index in [0.29, 0.717) is 23.5 Å². The molecule has 3 nitrogen and oxygen atoms in total. The highest BCUT2D eigenvalue weighted by molar-refractivity contribution is 5.00. The third kappa shape index (κ3) is 3.20. The number of likely N-dealkylation sites (N-methyl/N-ethyl adjacent to an activating group) is 2. The van der Waals surface area contributed by atoms with Crippen LogP contribution in [0.25, 0.3) is 0 Å². The molecule has 4 unspecified atom stereocenters. The van der Waals surface area contributed by atoms with E-state index in [1.807, 2.05) is 0 Å². The maximum Gasteiger partial charge on any atom is 0.0274 e. The minimum Gasteiger partial charge on any atom is -0.312 e. The molecular formula is C17H35N3. The molecule has 0 aromatic heterocycles. The molecule has 2 rings (SSSR count). The fraction of sp³-hybridized carbons (Fsp3) is 1.00. The fourth-order valence-electron chi connectivity index (χ4n) is 4.35. The van der Waals surface area contributed by atoms with Crippen LogP contribution in [0.1, 0.15) is 53.9 Å². The summed E-state index contributed by atoms with van der Waals surface area (Å²) >= 11 is 0. The van der Waals surface area contributed by atoms with Gasteiger partial charge in [-0.2, -0.15) is 0 Å². The number of rotatable bonds is 3. The van der Waals surface area contributed by atoms with Crippen molar-refractivity contribution in [3.63, 3.8) is 0 Å². The van der Waals surface area contributed by atoms with Gasteiger partial charge in [-0.05, 0) is 45.7 Å². The van der Waals surface area contributed by atoms with Crippen LogP contribution in [-0.4, -0.2) is 60.6 Å². The maximum atomic E-state index is 3.81. The van der Waals surface area contributed by atoms with Crippen LogP contribution < -0.4 is 5.32 Å². The van der Waals surface area contributed by atoms with Gasteiger partial charge < -0.3 is 5.32 Å². The average molecular weight is 281 g/mol. The van der Waals surface area contributed by atoms with Crippen molar-refractivity contribution in [3.8, 4) is 0 Å². The molecule has 0 bridgehead atoms. The van der Waals surface area contributed by atoms with E-state index in [1.165, 1.54) is 32.4 Å². The molecular weight excluding hydrogens is 246 g/mol. The van der Waals surface area contributed by atoms with Gasteiger partial charge in [-0.3, -0.25) is 9.80 Å². The topological polar surface area (TPSA) is 18.5 Å². The maximum absolute atomic E-state index is 3.81. The van der Waals surface area contributed by atoms with E-state index in [2.05, 4.69) is 56.8 Å². The molecule has 1 saturated heterocycles. The molecule has 4 atom stereocenters. The summed E-state index contributed by atoms with van der Waals surface area (Å²) in [6.45, 7) is 15.4. The highest BCUT2D eigenvalue weighted by atomic mass is 15.3. The molecule has 1 saturated carbocycles. The van der Waals surface area contributed by atoms with Gasteiger partial charge in [-0.1, -0.05) is 27.2 Å². The Balaban J connectivity index is 2.12. The lowest BCUT2D eigenvalue weighted by Crippen LogP contribution is -2.64. The van der Waals surface area contributed by atoms with Crippen molar-refractivity contribution in [2.75, 3.05) is 26.7 Å². The van der Waals surface area contributed by atoms with Crippen molar-refractivity contribution in [2.45, 2.75) is 78.0 Å². The van der Waals surface area contributed by atoms with Crippen LogP contribution in [0.5, 0.6) is 0 Å². The van der Waals surface area contributed by atoms with Crippen LogP contribution in [0.15, 0.2) is 0 Å². The van der Waals surface area contributed by atoms with Gasteiger partial charge in [0.15, 0.2) is 0 Å². The molecule has 0 amide bonds. The first-order chi connectivity index (χ1) is 9.36. The summed E-state index contributed by atoms with van der Waals surface area (Å²) in [4.78, 5) is 5.32. The molecule has 1 aliphatic carbocycles. The standard InChI is InChI=1S/C17H35N3/c1-7-18-16-15(9-8-10-17(16,4)5)20-11-13(2)19(6)14(3)12-20/h13-16,18H,7-12H2,1-6H3. The van der Waals surface area contributed by atoms with Gasteiger partial charge in [-0.25, -0.2) is 0 Å². The van der Waals surface area contributed by atoms with E-state index in [9.17, 15) is 0 Å². The third-order valence-electron chi connectivity index (χ3n) is 5.83. The SMILES string of the molecule is CCNC1C(N2CC(C)N(C)C(C)C2)CCCC1(C)C. The van der Waals surface area contributed by atoms with Crippen molar-refractivity contribution >= 4 is 0 Å². The molecule has 0 radical (unpaired) electrons.